The molecule has 7 nitrogen and oxygen atoms in total. The molecule has 0 saturated carbocycles. The number of hydrogen-bond donors (Lipinski definition) is 1. The molecule has 0 bridgehead atoms. The summed E-state index contributed by atoms with van der Waals surface area (Å²) < 4.78 is 20.7. The molecule has 1 atom stereocenters. The van der Waals surface area contributed by atoms with E-state index in [1.54, 1.807) is 23.5 Å². The molecule has 0 aliphatic carbocycles. The summed E-state index contributed by atoms with van der Waals surface area (Å²) in [6.07, 6.45) is -0.903. The average molecular weight is 490 g/mol. The van der Waals surface area contributed by atoms with Gasteiger partial charge in [0.1, 0.15) is 16.6 Å². The van der Waals surface area contributed by atoms with Gasteiger partial charge in [0, 0.05) is 35.2 Å². The van der Waals surface area contributed by atoms with Crippen molar-refractivity contribution < 1.29 is 13.9 Å². The Bertz CT molecular complexity index is 1440. The molecule has 2 aromatic carbocycles. The number of ether oxygens (including phenoxy) is 1. The fraction of sp³-hybridized carbons (Fsp3) is 0.231. The number of aryl methyl sites for hydroxylation is 2. The fourth-order valence-corrected chi connectivity index (χ4v) is 5.30. The van der Waals surface area contributed by atoms with Crippen LogP contribution in [-0.4, -0.2) is 26.4 Å². The summed E-state index contributed by atoms with van der Waals surface area (Å²) in [6.45, 7) is 7.97. The van der Waals surface area contributed by atoms with E-state index in [-0.39, 0.29) is 5.82 Å². The van der Waals surface area contributed by atoms with Gasteiger partial charge in [-0.05, 0) is 56.2 Å². The largest absolute Gasteiger partial charge is 0.432 e. The van der Waals surface area contributed by atoms with Crippen molar-refractivity contribution in [3.63, 3.8) is 0 Å². The maximum atomic E-state index is 13.2. The lowest BCUT2D eigenvalue weighted by Crippen LogP contribution is -2.12. The van der Waals surface area contributed by atoms with Crippen molar-refractivity contribution >= 4 is 28.7 Å². The van der Waals surface area contributed by atoms with Crippen molar-refractivity contribution in [3.8, 4) is 5.00 Å². The van der Waals surface area contributed by atoms with Crippen LogP contribution in [-0.2, 0) is 16.1 Å². The summed E-state index contributed by atoms with van der Waals surface area (Å²) in [5.74, 6) is 0.494. The molecule has 0 saturated heterocycles. The minimum Gasteiger partial charge on any atom is -0.432 e. The highest BCUT2D eigenvalue weighted by Gasteiger charge is 2.32. The minimum absolute atomic E-state index is 0.249. The lowest BCUT2D eigenvalue weighted by molar-refractivity contribution is -0.146. The first kappa shape index (κ1) is 22.9. The van der Waals surface area contributed by atoms with Gasteiger partial charge in [-0.3, -0.25) is 9.36 Å². The third-order valence-electron chi connectivity index (χ3n) is 5.97. The third kappa shape index (κ3) is 4.35. The zero-order valence-corrected chi connectivity index (χ0v) is 20.6. The summed E-state index contributed by atoms with van der Waals surface area (Å²) in [7, 11) is 0. The second-order valence-electron chi connectivity index (χ2n) is 8.40. The van der Waals surface area contributed by atoms with E-state index in [0.29, 0.717) is 18.2 Å². The Morgan fingerprint density at radius 1 is 1.09 bits per heavy atom. The number of aromatic nitrogens is 3. The molecule has 0 spiro atoms. The number of fused-ring (bicyclic) bond motifs is 3. The first-order chi connectivity index (χ1) is 16.8. The van der Waals surface area contributed by atoms with E-state index in [1.165, 1.54) is 23.9 Å². The smallest absolute Gasteiger partial charge is 0.304 e. The first-order valence-corrected chi connectivity index (χ1v) is 12.0. The molecule has 0 unspecified atom stereocenters. The van der Waals surface area contributed by atoms with Crippen LogP contribution in [0.5, 0.6) is 0 Å². The Morgan fingerprint density at radius 3 is 2.49 bits per heavy atom. The number of rotatable bonds is 5. The lowest BCUT2D eigenvalue weighted by atomic mass is 9.99. The van der Waals surface area contributed by atoms with Crippen molar-refractivity contribution in [2.75, 3.05) is 5.32 Å². The Kier molecular flexibility index (Phi) is 5.94. The second-order valence-corrected chi connectivity index (χ2v) is 9.60. The Balaban J connectivity index is 1.53. The monoisotopic (exact) mass is 489 g/mol. The molecule has 9 heteroatoms. The molecular formula is C26H24FN5O2S. The van der Waals surface area contributed by atoms with E-state index in [2.05, 4.69) is 29.4 Å². The molecule has 2 aromatic heterocycles. The third-order valence-corrected chi connectivity index (χ3v) is 7.16. The van der Waals surface area contributed by atoms with Crippen LogP contribution >= 0.6 is 11.3 Å². The number of esters is 1. The van der Waals surface area contributed by atoms with Gasteiger partial charge in [0.25, 0.3) is 6.23 Å². The number of hydrogen-bond acceptors (Lipinski definition) is 7. The van der Waals surface area contributed by atoms with Crippen LogP contribution in [0.2, 0.25) is 0 Å². The molecule has 0 amide bonds. The van der Waals surface area contributed by atoms with E-state index in [1.807, 2.05) is 35.8 Å². The number of carbonyl (C=O) groups excluding carboxylic acids is 1. The van der Waals surface area contributed by atoms with Crippen LogP contribution in [0, 0.1) is 26.6 Å². The van der Waals surface area contributed by atoms with Crippen LogP contribution in [0.15, 0.2) is 53.5 Å². The Morgan fingerprint density at radius 2 is 1.80 bits per heavy atom. The Labute approximate surface area is 206 Å². The van der Waals surface area contributed by atoms with Crippen molar-refractivity contribution in [2.45, 2.75) is 40.5 Å². The van der Waals surface area contributed by atoms with Crippen molar-refractivity contribution in [3.05, 3.63) is 93.1 Å². The van der Waals surface area contributed by atoms with Gasteiger partial charge in [0.15, 0.2) is 0 Å². The highest BCUT2D eigenvalue weighted by molar-refractivity contribution is 7.15. The number of benzene rings is 2. The van der Waals surface area contributed by atoms with Crippen LogP contribution < -0.4 is 5.32 Å². The van der Waals surface area contributed by atoms with Gasteiger partial charge < -0.3 is 10.1 Å². The summed E-state index contributed by atoms with van der Waals surface area (Å²) in [5.41, 5.74) is 5.65. The van der Waals surface area contributed by atoms with Crippen molar-refractivity contribution in [1.82, 2.24) is 14.8 Å². The molecule has 178 valence electrons. The molecule has 1 aliphatic rings. The van der Waals surface area contributed by atoms with E-state index in [4.69, 9.17) is 9.73 Å². The van der Waals surface area contributed by atoms with Gasteiger partial charge in [-0.2, -0.15) is 0 Å². The molecule has 1 aliphatic heterocycles. The molecule has 1 N–H and O–H groups in total. The summed E-state index contributed by atoms with van der Waals surface area (Å²) in [4.78, 5) is 18.0. The molecular weight excluding hydrogens is 465 g/mol. The topological polar surface area (TPSA) is 81.4 Å². The zero-order chi connectivity index (χ0) is 24.7. The Hall–Kier alpha value is -3.85. The minimum atomic E-state index is -0.903. The fourth-order valence-electron chi connectivity index (χ4n) is 4.08. The van der Waals surface area contributed by atoms with Gasteiger partial charge >= 0.3 is 5.97 Å². The molecule has 0 fully saturated rings. The maximum Gasteiger partial charge on any atom is 0.304 e. The number of thiophene rings is 1. The number of nitrogens with one attached hydrogen (secondary N) is 1. The number of halogens is 1. The predicted molar refractivity (Wildman–Crippen MR) is 134 cm³/mol. The van der Waals surface area contributed by atoms with Crippen LogP contribution in [0.3, 0.4) is 0 Å². The van der Waals surface area contributed by atoms with E-state index in [0.717, 1.165) is 38.7 Å². The second kappa shape index (κ2) is 9.07. The number of carbonyl (C=O) groups is 1. The van der Waals surface area contributed by atoms with Gasteiger partial charge in [-0.15, -0.1) is 21.5 Å². The lowest BCUT2D eigenvalue weighted by Gasteiger charge is -2.13. The zero-order valence-electron chi connectivity index (χ0n) is 19.8. The van der Waals surface area contributed by atoms with Gasteiger partial charge in [-0.25, -0.2) is 9.38 Å². The van der Waals surface area contributed by atoms with Crippen LogP contribution in [0.1, 0.15) is 51.9 Å². The van der Waals surface area contributed by atoms with Crippen molar-refractivity contribution in [2.24, 2.45) is 4.99 Å². The quantitative estimate of drug-likeness (QED) is 0.379. The summed E-state index contributed by atoms with van der Waals surface area (Å²) >= 11 is 1.64. The maximum absolute atomic E-state index is 13.2. The van der Waals surface area contributed by atoms with E-state index in [9.17, 15) is 9.18 Å². The molecule has 4 aromatic rings. The van der Waals surface area contributed by atoms with Gasteiger partial charge in [0.05, 0.1) is 5.71 Å². The van der Waals surface area contributed by atoms with E-state index < -0.39 is 12.2 Å². The highest BCUT2D eigenvalue weighted by atomic mass is 32.1. The molecule has 0 radical (unpaired) electrons. The number of anilines is 1. The standard InChI is InChI=1S/C26H24FN5O2S/c1-14-15(2)35-26-22(14)23(29-25(34-17(4)33)24-31-30-16(3)32(24)26)19-7-11-21(12-8-19)28-13-18-5-9-20(27)10-6-18/h5-12,25,28H,13H2,1-4H3/t25-/m0/s1. The van der Waals surface area contributed by atoms with Crippen LogP contribution in [0.25, 0.3) is 5.00 Å². The van der Waals surface area contributed by atoms with Crippen LogP contribution in [0.4, 0.5) is 10.1 Å². The number of nitrogens with zero attached hydrogens (tertiary/aromatic N) is 4. The van der Waals surface area contributed by atoms with Crippen molar-refractivity contribution in [1.29, 1.82) is 0 Å². The summed E-state index contributed by atoms with van der Waals surface area (Å²) in [5, 5.41) is 12.8. The number of aliphatic imine (C=N–C) groups is 1. The SMILES string of the molecule is CC(=O)O[C@@H]1N=C(c2ccc(NCc3ccc(F)cc3)cc2)c2c(sc(C)c2C)-n2c(C)nnc21. The highest BCUT2D eigenvalue weighted by Crippen LogP contribution is 2.39. The summed E-state index contributed by atoms with van der Waals surface area (Å²) in [6, 6.07) is 14.4. The average Bonchev–Trinajstić information content (AvgIpc) is 3.31. The predicted octanol–water partition coefficient (Wildman–Crippen LogP) is 5.42. The molecule has 35 heavy (non-hydrogen) atoms. The van der Waals surface area contributed by atoms with Gasteiger partial charge in [-0.1, -0.05) is 24.3 Å². The van der Waals surface area contributed by atoms with E-state index >= 15 is 0 Å². The normalized spacial score (nSPS) is 14.5. The van der Waals surface area contributed by atoms with Gasteiger partial charge in [0.2, 0.25) is 5.82 Å². The first-order valence-electron chi connectivity index (χ1n) is 11.2. The molecule has 5 rings (SSSR count). The molecule has 3 heterocycles.